The third-order valence-electron chi connectivity index (χ3n) is 3.56. The van der Waals surface area contributed by atoms with E-state index in [2.05, 4.69) is 53.9 Å². The van der Waals surface area contributed by atoms with Crippen LogP contribution in [0.4, 0.5) is 0 Å². The molecule has 20 heavy (non-hydrogen) atoms. The molecule has 3 nitrogen and oxygen atoms in total. The Morgan fingerprint density at radius 1 is 1.25 bits per heavy atom. The molecular formula is C17H25N3. The van der Waals surface area contributed by atoms with Crippen molar-refractivity contribution in [2.24, 2.45) is 7.05 Å². The van der Waals surface area contributed by atoms with E-state index in [1.165, 1.54) is 30.4 Å². The van der Waals surface area contributed by atoms with Crippen molar-refractivity contribution in [1.29, 1.82) is 0 Å². The van der Waals surface area contributed by atoms with Gasteiger partial charge in [-0.2, -0.15) is 5.10 Å². The summed E-state index contributed by atoms with van der Waals surface area (Å²) in [6.07, 6.45) is 8.70. The average molecular weight is 271 g/mol. The van der Waals surface area contributed by atoms with Crippen LogP contribution in [0.1, 0.15) is 43.4 Å². The summed E-state index contributed by atoms with van der Waals surface area (Å²) in [5.41, 5.74) is 2.72. The van der Waals surface area contributed by atoms with Gasteiger partial charge in [0, 0.05) is 19.3 Å². The molecule has 0 saturated heterocycles. The van der Waals surface area contributed by atoms with Gasteiger partial charge in [0.2, 0.25) is 0 Å². The molecule has 0 saturated carbocycles. The van der Waals surface area contributed by atoms with Crippen molar-refractivity contribution >= 4 is 0 Å². The highest BCUT2D eigenvalue weighted by Crippen LogP contribution is 2.19. The van der Waals surface area contributed by atoms with Gasteiger partial charge in [-0.25, -0.2) is 0 Å². The number of hydrogen-bond acceptors (Lipinski definition) is 2. The van der Waals surface area contributed by atoms with Crippen LogP contribution in [0.25, 0.3) is 0 Å². The second kappa shape index (κ2) is 7.85. The number of rotatable bonds is 8. The molecule has 1 atom stereocenters. The quantitative estimate of drug-likeness (QED) is 0.796. The van der Waals surface area contributed by atoms with Gasteiger partial charge in [0.15, 0.2) is 0 Å². The molecule has 0 bridgehead atoms. The number of benzene rings is 1. The highest BCUT2D eigenvalue weighted by molar-refractivity contribution is 5.18. The molecular weight excluding hydrogens is 246 g/mol. The SMILES string of the molecule is CCCNC(CCCc1cnn(C)c1)c1ccccc1. The topological polar surface area (TPSA) is 29.9 Å². The summed E-state index contributed by atoms with van der Waals surface area (Å²) >= 11 is 0. The maximum absolute atomic E-state index is 4.22. The summed E-state index contributed by atoms with van der Waals surface area (Å²) in [5.74, 6) is 0. The van der Waals surface area contributed by atoms with Crippen LogP contribution in [0, 0.1) is 0 Å². The van der Waals surface area contributed by atoms with Gasteiger partial charge in [-0.05, 0) is 43.4 Å². The first-order valence-electron chi connectivity index (χ1n) is 7.55. The molecule has 1 heterocycles. The zero-order valence-corrected chi connectivity index (χ0v) is 12.5. The lowest BCUT2D eigenvalue weighted by molar-refractivity contribution is 0.484. The van der Waals surface area contributed by atoms with Crippen molar-refractivity contribution < 1.29 is 0 Å². The Kier molecular flexibility index (Phi) is 5.81. The molecule has 108 valence electrons. The van der Waals surface area contributed by atoms with Gasteiger partial charge >= 0.3 is 0 Å². The Labute approximate surface area is 122 Å². The van der Waals surface area contributed by atoms with E-state index < -0.39 is 0 Å². The van der Waals surface area contributed by atoms with Crippen molar-refractivity contribution in [3.63, 3.8) is 0 Å². The van der Waals surface area contributed by atoms with Gasteiger partial charge in [-0.1, -0.05) is 37.3 Å². The normalized spacial score (nSPS) is 12.5. The fourth-order valence-electron chi connectivity index (χ4n) is 2.50. The lowest BCUT2D eigenvalue weighted by Crippen LogP contribution is -2.22. The molecule has 0 aliphatic rings. The van der Waals surface area contributed by atoms with E-state index in [1.54, 1.807) is 0 Å². The lowest BCUT2D eigenvalue weighted by Gasteiger charge is -2.18. The van der Waals surface area contributed by atoms with E-state index in [4.69, 9.17) is 0 Å². The third-order valence-corrected chi connectivity index (χ3v) is 3.56. The molecule has 2 rings (SSSR count). The Balaban J connectivity index is 1.87. The van der Waals surface area contributed by atoms with Crippen LogP contribution >= 0.6 is 0 Å². The zero-order valence-electron chi connectivity index (χ0n) is 12.5. The van der Waals surface area contributed by atoms with E-state index in [-0.39, 0.29) is 0 Å². The van der Waals surface area contributed by atoms with Crippen LogP contribution in [0.2, 0.25) is 0 Å². The van der Waals surface area contributed by atoms with Crippen molar-refractivity contribution in [3.8, 4) is 0 Å². The Hall–Kier alpha value is -1.61. The van der Waals surface area contributed by atoms with Crippen LogP contribution in [0.15, 0.2) is 42.7 Å². The number of nitrogens with zero attached hydrogens (tertiary/aromatic N) is 2. The van der Waals surface area contributed by atoms with Crippen molar-refractivity contribution in [2.75, 3.05) is 6.54 Å². The second-order valence-electron chi connectivity index (χ2n) is 5.33. The molecule has 1 aromatic carbocycles. The molecule has 1 N–H and O–H groups in total. The molecule has 1 unspecified atom stereocenters. The van der Waals surface area contributed by atoms with Crippen LogP contribution in [0.3, 0.4) is 0 Å². The maximum atomic E-state index is 4.22. The van der Waals surface area contributed by atoms with E-state index in [9.17, 15) is 0 Å². The van der Waals surface area contributed by atoms with Crippen LogP contribution in [-0.4, -0.2) is 16.3 Å². The summed E-state index contributed by atoms with van der Waals surface area (Å²) in [7, 11) is 1.97. The van der Waals surface area contributed by atoms with Crippen molar-refractivity contribution in [2.45, 2.75) is 38.6 Å². The lowest BCUT2D eigenvalue weighted by atomic mass is 10.00. The van der Waals surface area contributed by atoms with Gasteiger partial charge in [0.1, 0.15) is 0 Å². The monoisotopic (exact) mass is 271 g/mol. The summed E-state index contributed by atoms with van der Waals surface area (Å²) in [6.45, 7) is 3.29. The van der Waals surface area contributed by atoms with E-state index in [0.29, 0.717) is 6.04 Å². The Morgan fingerprint density at radius 2 is 2.05 bits per heavy atom. The smallest absolute Gasteiger partial charge is 0.0521 e. The summed E-state index contributed by atoms with van der Waals surface area (Å²) in [5, 5.41) is 7.88. The first-order chi connectivity index (χ1) is 9.79. The van der Waals surface area contributed by atoms with E-state index in [1.807, 2.05) is 17.9 Å². The summed E-state index contributed by atoms with van der Waals surface area (Å²) < 4.78 is 1.87. The molecule has 0 aliphatic heterocycles. The molecule has 0 spiro atoms. The maximum Gasteiger partial charge on any atom is 0.0521 e. The number of nitrogens with one attached hydrogen (secondary N) is 1. The van der Waals surface area contributed by atoms with Gasteiger partial charge in [0.25, 0.3) is 0 Å². The van der Waals surface area contributed by atoms with Crippen molar-refractivity contribution in [3.05, 3.63) is 53.9 Å². The average Bonchev–Trinajstić information content (AvgIpc) is 2.89. The molecule has 3 heteroatoms. The summed E-state index contributed by atoms with van der Waals surface area (Å²) in [6, 6.07) is 11.2. The number of aryl methyl sites for hydroxylation is 2. The van der Waals surface area contributed by atoms with Gasteiger partial charge in [-0.3, -0.25) is 4.68 Å². The minimum Gasteiger partial charge on any atom is -0.310 e. The minimum absolute atomic E-state index is 0.466. The van der Waals surface area contributed by atoms with Gasteiger partial charge < -0.3 is 5.32 Å². The molecule has 0 aliphatic carbocycles. The molecule has 0 amide bonds. The van der Waals surface area contributed by atoms with Gasteiger partial charge in [-0.15, -0.1) is 0 Å². The first-order valence-corrected chi connectivity index (χ1v) is 7.55. The van der Waals surface area contributed by atoms with Crippen molar-refractivity contribution in [1.82, 2.24) is 15.1 Å². The Bertz CT molecular complexity index is 490. The minimum atomic E-state index is 0.466. The fraction of sp³-hybridized carbons (Fsp3) is 0.471. The number of aromatic nitrogens is 2. The van der Waals surface area contributed by atoms with Crippen LogP contribution in [-0.2, 0) is 13.5 Å². The second-order valence-corrected chi connectivity index (χ2v) is 5.33. The molecule has 0 fully saturated rings. The third kappa shape index (κ3) is 4.49. The predicted octanol–water partition coefficient (Wildman–Crippen LogP) is 3.48. The number of hydrogen-bond donors (Lipinski definition) is 1. The molecule has 2 aromatic rings. The fourth-order valence-corrected chi connectivity index (χ4v) is 2.50. The largest absolute Gasteiger partial charge is 0.310 e. The van der Waals surface area contributed by atoms with Crippen LogP contribution < -0.4 is 5.32 Å². The van der Waals surface area contributed by atoms with E-state index >= 15 is 0 Å². The van der Waals surface area contributed by atoms with Crippen LogP contribution in [0.5, 0.6) is 0 Å². The molecule has 0 radical (unpaired) electrons. The predicted molar refractivity (Wildman–Crippen MR) is 83.6 cm³/mol. The standard InChI is InChI=1S/C17H25N3/c1-3-12-18-17(16-9-5-4-6-10-16)11-7-8-15-13-19-20(2)14-15/h4-6,9-10,13-14,17-18H,3,7-8,11-12H2,1-2H3. The van der Waals surface area contributed by atoms with E-state index in [0.717, 1.165) is 13.0 Å². The first kappa shape index (κ1) is 14.8. The van der Waals surface area contributed by atoms with Gasteiger partial charge in [0.05, 0.1) is 6.20 Å². The zero-order chi connectivity index (χ0) is 14.2. The highest BCUT2D eigenvalue weighted by atomic mass is 15.2. The Morgan fingerprint density at radius 3 is 2.70 bits per heavy atom. The summed E-state index contributed by atoms with van der Waals surface area (Å²) in [4.78, 5) is 0. The molecule has 1 aromatic heterocycles. The highest BCUT2D eigenvalue weighted by Gasteiger charge is 2.10.